The van der Waals surface area contributed by atoms with Crippen molar-refractivity contribution in [3.8, 4) is 0 Å². The van der Waals surface area contributed by atoms with Gasteiger partial charge in [0.1, 0.15) is 0 Å². The summed E-state index contributed by atoms with van der Waals surface area (Å²) >= 11 is 0. The molecule has 0 saturated heterocycles. The molecule has 1 heterocycles. The highest BCUT2D eigenvalue weighted by molar-refractivity contribution is 6.69. The van der Waals surface area contributed by atoms with Gasteiger partial charge in [0.05, 0.1) is 132 Å². The number of hydrogen-bond acceptors (Lipinski definition) is 12. The monoisotopic (exact) mass is 609 g/mol. The normalized spacial score (nSPS) is 13.7. The lowest BCUT2D eigenvalue weighted by atomic mass is 10.5. The molecule has 14 heteroatoms. The largest absolute Gasteiger partial charge is 0.415 e. The van der Waals surface area contributed by atoms with Crippen molar-refractivity contribution in [3.05, 3.63) is 12.2 Å². The molecule has 0 radical (unpaired) electrons. The Morgan fingerprint density at radius 3 is 0.951 bits per heavy atom. The van der Waals surface area contributed by atoms with E-state index in [2.05, 4.69) is 19.6 Å². The van der Waals surface area contributed by atoms with Crippen LogP contribution in [-0.4, -0.2) is 157 Å². The molecule has 0 spiro atoms. The average Bonchev–Trinajstić information content (AvgIpc) is 3.25. The summed E-state index contributed by atoms with van der Waals surface area (Å²) in [5.74, 6) is -0.608. The van der Waals surface area contributed by atoms with Crippen LogP contribution < -0.4 is 0 Å². The van der Waals surface area contributed by atoms with Gasteiger partial charge in [-0.3, -0.25) is 14.5 Å². The Morgan fingerprint density at radius 1 is 0.439 bits per heavy atom. The standard InChI is InChI=1S/C27H51NO12Si/c1-41(2,3)40-25-24-39-23-22-38-21-20-37-19-18-36-17-16-35-15-14-34-13-12-33-11-10-32-9-8-31-7-6-28-26(29)4-5-27(28)30/h4-5H,6-25H2,1-3H3. The fourth-order valence-electron chi connectivity index (χ4n) is 3.08. The van der Waals surface area contributed by atoms with Crippen LogP contribution in [0.25, 0.3) is 0 Å². The van der Waals surface area contributed by atoms with Gasteiger partial charge in [-0.15, -0.1) is 0 Å². The Kier molecular flexibility index (Phi) is 24.2. The van der Waals surface area contributed by atoms with Crippen molar-refractivity contribution < 1.29 is 56.6 Å². The lowest BCUT2D eigenvalue weighted by molar-refractivity contribution is -0.137. The molecule has 1 aliphatic heterocycles. The van der Waals surface area contributed by atoms with Crippen molar-refractivity contribution in [2.45, 2.75) is 19.6 Å². The van der Waals surface area contributed by atoms with Crippen molar-refractivity contribution in [2.75, 3.05) is 132 Å². The number of imide groups is 1. The summed E-state index contributed by atoms with van der Waals surface area (Å²) in [5, 5.41) is 0. The molecular weight excluding hydrogens is 558 g/mol. The van der Waals surface area contributed by atoms with Crippen molar-refractivity contribution in [3.63, 3.8) is 0 Å². The summed E-state index contributed by atoms with van der Waals surface area (Å²) < 4.78 is 54.6. The highest BCUT2D eigenvalue weighted by Gasteiger charge is 2.22. The van der Waals surface area contributed by atoms with E-state index in [0.29, 0.717) is 119 Å². The minimum absolute atomic E-state index is 0.243. The third-order valence-corrected chi connectivity index (χ3v) is 6.17. The lowest BCUT2D eigenvalue weighted by Crippen LogP contribution is -2.33. The Bertz CT molecular complexity index is 659. The zero-order valence-corrected chi connectivity index (χ0v) is 26.1. The topological polar surface area (TPSA) is 130 Å². The first-order valence-corrected chi connectivity index (χ1v) is 17.7. The molecule has 41 heavy (non-hydrogen) atoms. The first-order chi connectivity index (χ1) is 19.9. The highest BCUT2D eigenvalue weighted by atomic mass is 28.4. The van der Waals surface area contributed by atoms with Crippen LogP contribution in [0.5, 0.6) is 0 Å². The molecule has 0 unspecified atom stereocenters. The van der Waals surface area contributed by atoms with Gasteiger partial charge < -0.3 is 47.1 Å². The van der Waals surface area contributed by atoms with E-state index in [4.69, 9.17) is 47.1 Å². The van der Waals surface area contributed by atoms with Gasteiger partial charge in [0.15, 0.2) is 8.32 Å². The van der Waals surface area contributed by atoms with E-state index in [9.17, 15) is 9.59 Å². The van der Waals surface area contributed by atoms with Gasteiger partial charge in [-0.2, -0.15) is 0 Å². The van der Waals surface area contributed by atoms with E-state index in [0.717, 1.165) is 4.90 Å². The maximum absolute atomic E-state index is 11.4. The van der Waals surface area contributed by atoms with Crippen molar-refractivity contribution >= 4 is 20.1 Å². The van der Waals surface area contributed by atoms with Crippen LogP contribution in [0, 0.1) is 0 Å². The molecule has 1 rings (SSSR count). The second-order valence-electron chi connectivity index (χ2n) is 9.63. The molecular formula is C27H51NO12Si. The summed E-state index contributed by atoms with van der Waals surface area (Å²) in [5.41, 5.74) is 0. The minimum Gasteiger partial charge on any atom is -0.415 e. The molecule has 0 saturated carbocycles. The number of nitrogens with zero attached hydrogens (tertiary/aromatic N) is 1. The van der Waals surface area contributed by atoms with Crippen LogP contribution in [-0.2, 0) is 56.6 Å². The second-order valence-corrected chi connectivity index (χ2v) is 14.1. The third kappa shape index (κ3) is 25.0. The molecule has 13 nitrogen and oxygen atoms in total. The van der Waals surface area contributed by atoms with Gasteiger partial charge in [0.2, 0.25) is 0 Å². The van der Waals surface area contributed by atoms with Crippen LogP contribution in [0.1, 0.15) is 0 Å². The van der Waals surface area contributed by atoms with Gasteiger partial charge in [-0.25, -0.2) is 0 Å². The first-order valence-electron chi connectivity index (χ1n) is 14.3. The molecule has 0 fully saturated rings. The first kappa shape index (κ1) is 37.7. The molecule has 0 aromatic heterocycles. The zero-order valence-electron chi connectivity index (χ0n) is 25.1. The Hall–Kier alpha value is -1.30. The zero-order chi connectivity index (χ0) is 29.9. The van der Waals surface area contributed by atoms with Gasteiger partial charge in [-0.1, -0.05) is 0 Å². The molecule has 0 atom stereocenters. The van der Waals surface area contributed by atoms with E-state index in [1.807, 2.05) is 0 Å². The summed E-state index contributed by atoms with van der Waals surface area (Å²) in [7, 11) is -1.45. The number of rotatable bonds is 31. The van der Waals surface area contributed by atoms with Crippen molar-refractivity contribution in [1.82, 2.24) is 4.90 Å². The van der Waals surface area contributed by atoms with Crippen LogP contribution in [0.15, 0.2) is 12.2 Å². The smallest absolute Gasteiger partial charge is 0.253 e. The molecule has 1 aliphatic rings. The molecule has 0 aliphatic carbocycles. The Morgan fingerprint density at radius 2 is 0.683 bits per heavy atom. The highest BCUT2D eigenvalue weighted by Crippen LogP contribution is 2.02. The van der Waals surface area contributed by atoms with Gasteiger partial charge in [-0.05, 0) is 19.6 Å². The summed E-state index contributed by atoms with van der Waals surface area (Å²) in [4.78, 5) is 23.9. The van der Waals surface area contributed by atoms with E-state index in [1.165, 1.54) is 12.2 Å². The predicted octanol–water partition coefficient (Wildman–Crippen LogP) is 0.912. The van der Waals surface area contributed by atoms with Gasteiger partial charge in [0.25, 0.3) is 11.8 Å². The quantitative estimate of drug-likeness (QED) is 0.0629. The van der Waals surface area contributed by atoms with Crippen LogP contribution in [0.4, 0.5) is 0 Å². The predicted molar refractivity (Wildman–Crippen MR) is 153 cm³/mol. The molecule has 0 bridgehead atoms. The molecule has 0 N–H and O–H groups in total. The van der Waals surface area contributed by atoms with Crippen molar-refractivity contribution in [2.24, 2.45) is 0 Å². The number of ether oxygens (including phenoxy) is 9. The SMILES string of the molecule is C[Si](C)(C)OCCOCCOCCOCCOCCOCCOCCOCCOCCOCCN1C(=O)C=CC1=O. The molecule has 0 aromatic rings. The summed E-state index contributed by atoms with van der Waals surface area (Å²) in [6, 6.07) is 0. The number of carbonyl (C=O) groups excluding carboxylic acids is 2. The van der Waals surface area contributed by atoms with Crippen LogP contribution in [0.3, 0.4) is 0 Å². The third-order valence-electron chi connectivity index (χ3n) is 5.10. The molecule has 2 amide bonds. The van der Waals surface area contributed by atoms with Crippen LogP contribution in [0.2, 0.25) is 19.6 Å². The van der Waals surface area contributed by atoms with E-state index in [-0.39, 0.29) is 25.0 Å². The Labute approximate surface area is 245 Å². The number of amides is 2. The van der Waals surface area contributed by atoms with Crippen molar-refractivity contribution in [1.29, 1.82) is 0 Å². The molecule has 240 valence electrons. The van der Waals surface area contributed by atoms with Gasteiger partial charge >= 0.3 is 0 Å². The lowest BCUT2D eigenvalue weighted by Gasteiger charge is -2.16. The summed E-state index contributed by atoms with van der Waals surface area (Å²) in [6.45, 7) is 16.0. The fraction of sp³-hybridized carbons (Fsp3) is 0.852. The van der Waals surface area contributed by atoms with E-state index < -0.39 is 8.32 Å². The number of hydrogen-bond donors (Lipinski definition) is 0. The fourth-order valence-corrected chi connectivity index (χ4v) is 3.77. The van der Waals surface area contributed by atoms with E-state index in [1.54, 1.807) is 0 Å². The molecule has 0 aromatic carbocycles. The minimum atomic E-state index is -1.45. The average molecular weight is 610 g/mol. The summed E-state index contributed by atoms with van der Waals surface area (Å²) in [6.07, 6.45) is 2.51. The Balaban J connectivity index is 1.64. The van der Waals surface area contributed by atoms with Gasteiger partial charge in [0, 0.05) is 12.2 Å². The van der Waals surface area contributed by atoms with Crippen LogP contribution >= 0.6 is 0 Å². The maximum Gasteiger partial charge on any atom is 0.253 e. The maximum atomic E-state index is 11.4. The number of carbonyl (C=O) groups is 2. The van der Waals surface area contributed by atoms with E-state index >= 15 is 0 Å². The second kappa shape index (κ2) is 26.3.